The highest BCUT2D eigenvalue weighted by Gasteiger charge is 2.33. The Labute approximate surface area is 165 Å². The molecule has 0 saturated heterocycles. The number of hydrogen-bond donors (Lipinski definition) is 0. The molecule has 2 aromatic rings. The third-order valence-corrected chi connectivity index (χ3v) is 4.85. The fraction of sp³-hybridized carbons (Fsp3) is 0.318. The normalized spacial score (nSPS) is 15.9. The number of rotatable bonds is 6. The van der Waals surface area contributed by atoms with Crippen molar-refractivity contribution in [1.29, 1.82) is 0 Å². The molecule has 1 aliphatic heterocycles. The van der Waals surface area contributed by atoms with E-state index in [1.165, 1.54) is 9.91 Å². The second-order valence-corrected chi connectivity index (χ2v) is 6.75. The minimum atomic E-state index is -0.198. The molecule has 28 heavy (non-hydrogen) atoms. The van der Waals surface area contributed by atoms with E-state index in [1.54, 1.807) is 21.1 Å². The first kappa shape index (κ1) is 19.6. The fourth-order valence-electron chi connectivity index (χ4n) is 3.29. The molecule has 2 amide bonds. The predicted molar refractivity (Wildman–Crippen MR) is 108 cm³/mol. The third kappa shape index (κ3) is 4.22. The van der Waals surface area contributed by atoms with Crippen molar-refractivity contribution in [3.05, 3.63) is 65.7 Å². The number of likely N-dealkylation sites (N-methyl/N-ethyl adjacent to an activating group) is 1. The maximum atomic E-state index is 13.0. The quantitative estimate of drug-likeness (QED) is 0.774. The van der Waals surface area contributed by atoms with Crippen LogP contribution >= 0.6 is 0 Å². The van der Waals surface area contributed by atoms with Crippen LogP contribution in [0.5, 0.6) is 5.75 Å². The van der Waals surface area contributed by atoms with E-state index in [-0.39, 0.29) is 24.4 Å². The van der Waals surface area contributed by atoms with Gasteiger partial charge >= 0.3 is 0 Å². The molecule has 6 heteroatoms. The van der Waals surface area contributed by atoms with Crippen LogP contribution in [0.4, 0.5) is 0 Å². The van der Waals surface area contributed by atoms with Crippen LogP contribution in [0, 0.1) is 0 Å². The minimum absolute atomic E-state index is 0.00486. The van der Waals surface area contributed by atoms with Crippen LogP contribution in [-0.2, 0) is 9.59 Å². The summed E-state index contributed by atoms with van der Waals surface area (Å²) < 4.78 is 5.31. The first-order valence-corrected chi connectivity index (χ1v) is 9.36. The van der Waals surface area contributed by atoms with Gasteiger partial charge in [-0.3, -0.25) is 9.59 Å². The molecule has 6 nitrogen and oxygen atoms in total. The summed E-state index contributed by atoms with van der Waals surface area (Å²) in [6.07, 6.45) is 0.971. The summed E-state index contributed by atoms with van der Waals surface area (Å²) in [6, 6.07) is 17.3. The average molecular weight is 379 g/mol. The second kappa shape index (κ2) is 8.69. The van der Waals surface area contributed by atoms with E-state index in [4.69, 9.17) is 4.74 Å². The average Bonchev–Trinajstić information content (AvgIpc) is 3.19. The lowest BCUT2D eigenvalue weighted by Gasteiger charge is -2.24. The number of methoxy groups -OCH3 is 1. The Bertz CT molecular complexity index is 880. The lowest BCUT2D eigenvalue weighted by atomic mass is 9.98. The molecule has 1 heterocycles. The number of carbonyl (C=O) groups is 2. The zero-order chi connectivity index (χ0) is 20.1. The van der Waals surface area contributed by atoms with Crippen LogP contribution in [0.1, 0.15) is 36.9 Å². The zero-order valence-electron chi connectivity index (χ0n) is 16.5. The molecule has 0 spiro atoms. The summed E-state index contributed by atoms with van der Waals surface area (Å²) in [5, 5.41) is 6.15. The Kier molecular flexibility index (Phi) is 6.09. The molecule has 0 aliphatic carbocycles. The molecule has 0 unspecified atom stereocenters. The van der Waals surface area contributed by atoms with Gasteiger partial charge in [0.25, 0.3) is 5.91 Å². The molecule has 0 radical (unpaired) electrons. The highest BCUT2D eigenvalue weighted by atomic mass is 16.5. The van der Waals surface area contributed by atoms with Gasteiger partial charge in [-0.1, -0.05) is 49.4 Å². The van der Waals surface area contributed by atoms with E-state index in [0.717, 1.165) is 22.6 Å². The topological polar surface area (TPSA) is 62.2 Å². The van der Waals surface area contributed by atoms with Crippen molar-refractivity contribution >= 4 is 17.5 Å². The predicted octanol–water partition coefficient (Wildman–Crippen LogP) is 3.24. The molecule has 0 N–H and O–H groups in total. The van der Waals surface area contributed by atoms with Crippen LogP contribution in [0.15, 0.2) is 59.7 Å². The smallest absolute Gasteiger partial charge is 0.262 e. The van der Waals surface area contributed by atoms with Gasteiger partial charge in [0.1, 0.15) is 12.3 Å². The van der Waals surface area contributed by atoms with Crippen molar-refractivity contribution in [2.45, 2.75) is 25.8 Å². The van der Waals surface area contributed by atoms with Crippen molar-refractivity contribution < 1.29 is 14.3 Å². The zero-order valence-corrected chi connectivity index (χ0v) is 16.5. The van der Waals surface area contributed by atoms with Crippen molar-refractivity contribution in [3.63, 3.8) is 0 Å². The van der Waals surface area contributed by atoms with E-state index in [0.29, 0.717) is 12.8 Å². The van der Waals surface area contributed by atoms with E-state index < -0.39 is 0 Å². The van der Waals surface area contributed by atoms with Crippen LogP contribution in [0.2, 0.25) is 0 Å². The minimum Gasteiger partial charge on any atom is -0.497 e. The van der Waals surface area contributed by atoms with Crippen molar-refractivity contribution in [3.8, 4) is 5.75 Å². The fourth-order valence-corrected chi connectivity index (χ4v) is 3.29. The standard InChI is InChI=1S/C22H25N3O3/c1-4-21(26)24(2)15-22(27)25-20(16-9-6-5-7-10-16)14-19(23-25)17-11-8-12-18(13-17)28-3/h5-13,20H,4,14-15H2,1-3H3/t20-/m0/s1. The van der Waals surface area contributed by atoms with Gasteiger partial charge in [0.2, 0.25) is 5.91 Å². The Morgan fingerprint density at radius 3 is 2.61 bits per heavy atom. The van der Waals surface area contributed by atoms with Gasteiger partial charge in [-0.05, 0) is 17.7 Å². The Balaban J connectivity index is 1.90. The van der Waals surface area contributed by atoms with Gasteiger partial charge in [0.05, 0.1) is 18.9 Å². The second-order valence-electron chi connectivity index (χ2n) is 6.75. The molecular formula is C22H25N3O3. The molecule has 3 rings (SSSR count). The van der Waals surface area contributed by atoms with Gasteiger partial charge in [-0.2, -0.15) is 5.10 Å². The van der Waals surface area contributed by atoms with Crippen LogP contribution in [0.3, 0.4) is 0 Å². The number of ether oxygens (including phenoxy) is 1. The number of amides is 2. The van der Waals surface area contributed by atoms with Crippen LogP contribution in [-0.4, -0.2) is 48.1 Å². The Morgan fingerprint density at radius 1 is 1.18 bits per heavy atom. The highest BCUT2D eigenvalue weighted by molar-refractivity contribution is 6.03. The summed E-state index contributed by atoms with van der Waals surface area (Å²) in [6.45, 7) is 1.79. The number of hydrazone groups is 1. The molecule has 1 atom stereocenters. The molecule has 0 saturated carbocycles. The summed E-state index contributed by atoms with van der Waals surface area (Å²) >= 11 is 0. The third-order valence-electron chi connectivity index (χ3n) is 4.85. The summed E-state index contributed by atoms with van der Waals surface area (Å²) in [5.74, 6) is 0.478. The number of nitrogens with zero attached hydrogens (tertiary/aromatic N) is 3. The monoisotopic (exact) mass is 379 g/mol. The largest absolute Gasteiger partial charge is 0.497 e. The molecule has 1 aliphatic rings. The first-order valence-electron chi connectivity index (χ1n) is 9.36. The molecule has 0 aromatic heterocycles. The van der Waals surface area contributed by atoms with Crippen molar-refractivity contribution in [1.82, 2.24) is 9.91 Å². The van der Waals surface area contributed by atoms with Crippen molar-refractivity contribution in [2.75, 3.05) is 20.7 Å². The summed E-state index contributed by atoms with van der Waals surface area (Å²) in [7, 11) is 3.27. The van der Waals surface area contributed by atoms with E-state index in [2.05, 4.69) is 5.10 Å². The van der Waals surface area contributed by atoms with E-state index in [9.17, 15) is 9.59 Å². The molecule has 2 aromatic carbocycles. The van der Waals surface area contributed by atoms with E-state index in [1.807, 2.05) is 54.6 Å². The maximum absolute atomic E-state index is 13.0. The molecule has 0 bridgehead atoms. The maximum Gasteiger partial charge on any atom is 0.262 e. The molecular weight excluding hydrogens is 354 g/mol. The van der Waals surface area contributed by atoms with Crippen LogP contribution < -0.4 is 4.74 Å². The first-order chi connectivity index (χ1) is 13.5. The van der Waals surface area contributed by atoms with E-state index >= 15 is 0 Å². The van der Waals surface area contributed by atoms with Gasteiger partial charge in [-0.15, -0.1) is 0 Å². The summed E-state index contributed by atoms with van der Waals surface area (Å²) in [4.78, 5) is 26.3. The van der Waals surface area contributed by atoms with Crippen LogP contribution in [0.25, 0.3) is 0 Å². The Hall–Kier alpha value is -3.15. The Morgan fingerprint density at radius 2 is 1.93 bits per heavy atom. The molecule has 0 fully saturated rings. The summed E-state index contributed by atoms with van der Waals surface area (Å²) in [5.41, 5.74) is 2.76. The van der Waals surface area contributed by atoms with Crippen molar-refractivity contribution in [2.24, 2.45) is 5.10 Å². The lowest BCUT2D eigenvalue weighted by Crippen LogP contribution is -2.38. The number of benzene rings is 2. The molecule has 146 valence electrons. The lowest BCUT2D eigenvalue weighted by molar-refractivity contribution is -0.140. The van der Waals surface area contributed by atoms with Gasteiger partial charge in [0, 0.05) is 25.5 Å². The van der Waals surface area contributed by atoms with Gasteiger partial charge < -0.3 is 9.64 Å². The SMILES string of the molecule is CCC(=O)N(C)CC(=O)N1N=C(c2cccc(OC)c2)C[C@H]1c1ccccc1. The number of hydrogen-bond acceptors (Lipinski definition) is 4. The van der Waals surface area contributed by atoms with Gasteiger partial charge in [-0.25, -0.2) is 5.01 Å². The van der Waals surface area contributed by atoms with Gasteiger partial charge in [0.15, 0.2) is 0 Å². The number of carbonyl (C=O) groups excluding carboxylic acids is 2. The highest BCUT2D eigenvalue weighted by Crippen LogP contribution is 2.33.